The van der Waals surface area contributed by atoms with E-state index in [4.69, 9.17) is 16.6 Å². The number of aryl methyl sites for hydroxylation is 2. The highest BCUT2D eigenvalue weighted by Crippen LogP contribution is 2.45. The number of hydrogen-bond acceptors (Lipinski definition) is 3. The quantitative estimate of drug-likeness (QED) is 0.514. The molecule has 1 unspecified atom stereocenters. The molecular weight excluding hydrogens is 416 g/mol. The van der Waals surface area contributed by atoms with Gasteiger partial charge >= 0.3 is 0 Å². The SMILES string of the molecule is Cc1ncn(CCCC2Cc3cc(Cl)ccc3[C+](C3CCNCC3)c3ncccc32)c1C. The van der Waals surface area contributed by atoms with Crippen molar-refractivity contribution in [3.8, 4) is 0 Å². The number of rotatable bonds is 5. The molecule has 1 fully saturated rings. The van der Waals surface area contributed by atoms with Gasteiger partial charge in [0, 0.05) is 66.0 Å². The average molecular weight is 448 g/mol. The molecule has 0 spiro atoms. The second-order valence-corrected chi connectivity index (χ2v) is 9.77. The number of fused-ring (bicyclic) bond motifs is 2. The summed E-state index contributed by atoms with van der Waals surface area (Å²) in [5.41, 5.74) is 7.77. The molecule has 0 bridgehead atoms. The van der Waals surface area contributed by atoms with Crippen LogP contribution in [0.5, 0.6) is 0 Å². The van der Waals surface area contributed by atoms with E-state index in [0.29, 0.717) is 11.8 Å². The Labute approximate surface area is 196 Å². The minimum Gasteiger partial charge on any atom is -0.335 e. The zero-order valence-corrected chi connectivity index (χ0v) is 19.8. The van der Waals surface area contributed by atoms with E-state index in [1.165, 1.54) is 34.0 Å². The average Bonchev–Trinajstić information content (AvgIpc) is 3.06. The fraction of sp³-hybridized carbons (Fsp3) is 0.444. The molecule has 3 heterocycles. The van der Waals surface area contributed by atoms with E-state index in [-0.39, 0.29) is 0 Å². The third-order valence-electron chi connectivity index (χ3n) is 7.40. The van der Waals surface area contributed by atoms with Gasteiger partial charge in [0.25, 0.3) is 0 Å². The van der Waals surface area contributed by atoms with Gasteiger partial charge < -0.3 is 9.88 Å². The summed E-state index contributed by atoms with van der Waals surface area (Å²) in [5.74, 6) is 2.43. The van der Waals surface area contributed by atoms with Crippen molar-refractivity contribution in [3.05, 3.63) is 87.6 Å². The molecule has 1 saturated heterocycles. The summed E-state index contributed by atoms with van der Waals surface area (Å²) in [6, 6.07) is 10.9. The van der Waals surface area contributed by atoms with Gasteiger partial charge in [-0.15, -0.1) is 0 Å². The lowest BCUT2D eigenvalue weighted by molar-refractivity contribution is 0.398. The molecule has 4 nitrogen and oxygen atoms in total. The van der Waals surface area contributed by atoms with Crippen LogP contribution in [0.3, 0.4) is 0 Å². The molecule has 0 amide bonds. The van der Waals surface area contributed by atoms with Gasteiger partial charge in [-0.25, -0.2) is 9.97 Å². The molecule has 1 aromatic carbocycles. The predicted octanol–water partition coefficient (Wildman–Crippen LogP) is 5.64. The Morgan fingerprint density at radius 2 is 2.00 bits per heavy atom. The van der Waals surface area contributed by atoms with Gasteiger partial charge in [0.1, 0.15) is 5.56 Å². The van der Waals surface area contributed by atoms with Crippen molar-refractivity contribution in [2.24, 2.45) is 5.92 Å². The molecule has 166 valence electrons. The van der Waals surface area contributed by atoms with Crippen LogP contribution in [0.1, 0.15) is 65.4 Å². The molecule has 2 aromatic heterocycles. The molecule has 1 aliphatic heterocycles. The van der Waals surface area contributed by atoms with Crippen molar-refractivity contribution in [3.63, 3.8) is 0 Å². The van der Waals surface area contributed by atoms with Crippen molar-refractivity contribution < 1.29 is 0 Å². The Kier molecular flexibility index (Phi) is 6.25. The molecule has 1 N–H and O–H groups in total. The molecule has 2 aliphatic rings. The van der Waals surface area contributed by atoms with E-state index >= 15 is 0 Å². The number of imidazole rings is 1. The van der Waals surface area contributed by atoms with Crippen LogP contribution in [0.25, 0.3) is 0 Å². The third kappa shape index (κ3) is 4.18. The Hall–Kier alpha value is -2.30. The molecule has 32 heavy (non-hydrogen) atoms. The van der Waals surface area contributed by atoms with Crippen molar-refractivity contribution in [2.75, 3.05) is 13.1 Å². The fourth-order valence-electron chi connectivity index (χ4n) is 5.53. The van der Waals surface area contributed by atoms with Gasteiger partial charge in [-0.05, 0) is 64.8 Å². The minimum atomic E-state index is 0.444. The zero-order chi connectivity index (χ0) is 22.1. The Morgan fingerprint density at radius 3 is 2.78 bits per heavy atom. The Bertz CT molecular complexity index is 1080. The van der Waals surface area contributed by atoms with Crippen LogP contribution in [-0.4, -0.2) is 27.6 Å². The summed E-state index contributed by atoms with van der Waals surface area (Å²) in [4.78, 5) is 9.45. The second kappa shape index (κ2) is 9.29. The molecule has 0 radical (unpaired) electrons. The predicted molar refractivity (Wildman–Crippen MR) is 130 cm³/mol. The van der Waals surface area contributed by atoms with E-state index in [2.05, 4.69) is 59.0 Å². The van der Waals surface area contributed by atoms with Gasteiger partial charge in [-0.1, -0.05) is 11.6 Å². The first-order chi connectivity index (χ1) is 15.6. The number of piperidine rings is 1. The van der Waals surface area contributed by atoms with Crippen LogP contribution in [0.2, 0.25) is 5.02 Å². The second-order valence-electron chi connectivity index (χ2n) is 9.33. The van der Waals surface area contributed by atoms with Crippen molar-refractivity contribution in [1.29, 1.82) is 0 Å². The highest BCUT2D eigenvalue weighted by atomic mass is 35.5. The number of halogens is 1. The Morgan fingerprint density at radius 1 is 1.16 bits per heavy atom. The number of nitrogens with one attached hydrogen (secondary N) is 1. The summed E-state index contributed by atoms with van der Waals surface area (Å²) in [7, 11) is 0. The molecule has 1 atom stereocenters. The molecule has 0 saturated carbocycles. The van der Waals surface area contributed by atoms with E-state index in [9.17, 15) is 0 Å². The summed E-state index contributed by atoms with van der Waals surface area (Å²) in [6.07, 6.45) is 9.54. The molecule has 5 heteroatoms. The maximum atomic E-state index is 6.48. The summed E-state index contributed by atoms with van der Waals surface area (Å²) in [5, 5.41) is 4.35. The number of nitrogens with zero attached hydrogens (tertiary/aromatic N) is 3. The minimum absolute atomic E-state index is 0.444. The summed E-state index contributed by atoms with van der Waals surface area (Å²) < 4.78 is 2.29. The third-order valence-corrected chi connectivity index (χ3v) is 7.64. The zero-order valence-electron chi connectivity index (χ0n) is 19.1. The van der Waals surface area contributed by atoms with Gasteiger partial charge in [-0.3, -0.25) is 0 Å². The van der Waals surface area contributed by atoms with Crippen LogP contribution < -0.4 is 5.32 Å². The molecular formula is C27H32ClN4+. The van der Waals surface area contributed by atoms with E-state index in [1.807, 2.05) is 12.5 Å². The van der Waals surface area contributed by atoms with Crippen molar-refractivity contribution in [2.45, 2.75) is 58.4 Å². The molecule has 1 aliphatic carbocycles. The highest BCUT2D eigenvalue weighted by molar-refractivity contribution is 6.30. The van der Waals surface area contributed by atoms with E-state index < -0.39 is 0 Å². The maximum Gasteiger partial charge on any atom is 0.152 e. The standard InChI is InChI=1S/C27H32ClN4/c1-18-19(2)32(17-31-18)14-4-5-21-15-22-16-23(28)7-8-24(22)26(20-9-12-29-13-10-20)27-25(21)6-3-11-30-27/h3,6-8,11,16-17,20-21,29H,4-5,9-10,12-15H2,1-2H3/q+1. The lowest BCUT2D eigenvalue weighted by Crippen LogP contribution is -2.32. The van der Waals surface area contributed by atoms with Crippen LogP contribution in [-0.2, 0) is 13.0 Å². The monoisotopic (exact) mass is 447 g/mol. The largest absolute Gasteiger partial charge is 0.335 e. The van der Waals surface area contributed by atoms with Crippen molar-refractivity contribution >= 4 is 11.6 Å². The number of aromatic nitrogens is 3. The topological polar surface area (TPSA) is 42.7 Å². The molecule has 5 rings (SSSR count). The van der Waals surface area contributed by atoms with Crippen LogP contribution in [0.15, 0.2) is 42.9 Å². The number of hydrogen-bond donors (Lipinski definition) is 1. The van der Waals surface area contributed by atoms with Crippen LogP contribution >= 0.6 is 11.6 Å². The first-order valence-corrected chi connectivity index (χ1v) is 12.3. The number of pyridine rings is 1. The van der Waals surface area contributed by atoms with Gasteiger partial charge in [0.2, 0.25) is 0 Å². The normalized spacial score (nSPS) is 18.8. The van der Waals surface area contributed by atoms with Gasteiger partial charge in [-0.2, -0.15) is 0 Å². The number of benzene rings is 1. The first-order valence-electron chi connectivity index (χ1n) is 11.9. The lowest BCUT2D eigenvalue weighted by Gasteiger charge is -2.27. The van der Waals surface area contributed by atoms with E-state index in [0.717, 1.165) is 62.5 Å². The van der Waals surface area contributed by atoms with Crippen molar-refractivity contribution in [1.82, 2.24) is 19.9 Å². The molecule has 3 aromatic rings. The van der Waals surface area contributed by atoms with Gasteiger partial charge in [0.05, 0.1) is 23.0 Å². The summed E-state index contributed by atoms with van der Waals surface area (Å²) >= 11 is 6.48. The smallest absolute Gasteiger partial charge is 0.152 e. The maximum absolute atomic E-state index is 6.48. The van der Waals surface area contributed by atoms with E-state index in [1.54, 1.807) is 0 Å². The lowest BCUT2D eigenvalue weighted by atomic mass is 9.76. The first kappa shape index (κ1) is 21.5. The van der Waals surface area contributed by atoms with Crippen LogP contribution in [0.4, 0.5) is 0 Å². The summed E-state index contributed by atoms with van der Waals surface area (Å²) in [6.45, 7) is 7.40. The van der Waals surface area contributed by atoms with Crippen LogP contribution in [0, 0.1) is 25.7 Å². The fourth-order valence-corrected chi connectivity index (χ4v) is 5.72. The Balaban J connectivity index is 1.48. The highest BCUT2D eigenvalue weighted by Gasteiger charge is 2.41. The van der Waals surface area contributed by atoms with Gasteiger partial charge in [0.15, 0.2) is 5.69 Å².